The van der Waals surface area contributed by atoms with E-state index in [4.69, 9.17) is 0 Å². The summed E-state index contributed by atoms with van der Waals surface area (Å²) in [6.45, 7) is 9.95. The zero-order valence-electron chi connectivity index (χ0n) is 15.1. The molecule has 0 N–H and O–H groups in total. The largest absolute Gasteiger partial charge is 0.0758 e. The topological polar surface area (TPSA) is 0 Å². The molecule has 0 heterocycles. The summed E-state index contributed by atoms with van der Waals surface area (Å²) in [5, 5.41) is 0. The molecule has 2 fully saturated rings. The van der Waals surface area contributed by atoms with Gasteiger partial charge < -0.3 is 0 Å². The lowest BCUT2D eigenvalue weighted by Crippen LogP contribution is -2.22. The zero-order chi connectivity index (χ0) is 16.7. The van der Waals surface area contributed by atoms with Gasteiger partial charge in [-0.1, -0.05) is 94.4 Å². The fourth-order valence-corrected chi connectivity index (χ4v) is 6.47. The second kappa shape index (κ2) is 4.23. The Morgan fingerprint density at radius 1 is 0.750 bits per heavy atom. The molecule has 5 rings (SSSR count). The van der Waals surface area contributed by atoms with Crippen molar-refractivity contribution in [3.63, 3.8) is 0 Å². The molecule has 2 aromatic rings. The number of rotatable bonds is 2. The van der Waals surface area contributed by atoms with Gasteiger partial charge in [-0.25, -0.2) is 0 Å². The smallest absolute Gasteiger partial charge is 0.0118 e. The number of benzene rings is 2. The summed E-state index contributed by atoms with van der Waals surface area (Å²) in [6, 6.07) is 22.4. The lowest BCUT2D eigenvalue weighted by Gasteiger charge is -2.25. The van der Waals surface area contributed by atoms with Crippen molar-refractivity contribution in [3.8, 4) is 0 Å². The summed E-state index contributed by atoms with van der Waals surface area (Å²) in [6.07, 6.45) is 2.64. The van der Waals surface area contributed by atoms with E-state index in [0.29, 0.717) is 28.1 Å². The molecule has 0 nitrogen and oxygen atoms in total. The van der Waals surface area contributed by atoms with E-state index in [0.717, 1.165) is 5.92 Å². The Kier molecular flexibility index (Phi) is 2.56. The van der Waals surface area contributed by atoms with Gasteiger partial charge in [-0.05, 0) is 45.3 Å². The third-order valence-corrected chi connectivity index (χ3v) is 7.61. The predicted octanol–water partition coefficient (Wildman–Crippen LogP) is 5.95. The van der Waals surface area contributed by atoms with Gasteiger partial charge in [-0.2, -0.15) is 0 Å². The summed E-state index contributed by atoms with van der Waals surface area (Å²) in [4.78, 5) is 0. The molecule has 4 atom stereocenters. The Balaban J connectivity index is 1.70. The van der Waals surface area contributed by atoms with Gasteiger partial charge in [0.2, 0.25) is 0 Å². The highest BCUT2D eigenvalue weighted by Gasteiger charge is 2.84. The molecule has 0 bridgehead atoms. The number of allylic oxidation sites excluding steroid dienone is 2. The molecular formula is C24H26. The molecule has 0 aromatic heterocycles. The minimum absolute atomic E-state index is 0.334. The van der Waals surface area contributed by atoms with Crippen molar-refractivity contribution >= 4 is 5.57 Å². The molecule has 24 heavy (non-hydrogen) atoms. The molecule has 0 unspecified atom stereocenters. The van der Waals surface area contributed by atoms with Crippen LogP contribution in [0.4, 0.5) is 0 Å². The Morgan fingerprint density at radius 2 is 1.33 bits per heavy atom. The second-order valence-corrected chi connectivity index (χ2v) is 9.20. The Bertz CT molecular complexity index is 825. The van der Waals surface area contributed by atoms with Gasteiger partial charge in [-0.15, -0.1) is 0 Å². The van der Waals surface area contributed by atoms with Crippen molar-refractivity contribution < 1.29 is 0 Å². The van der Waals surface area contributed by atoms with Crippen LogP contribution in [0.2, 0.25) is 0 Å². The van der Waals surface area contributed by atoms with E-state index in [9.17, 15) is 0 Å². The van der Waals surface area contributed by atoms with E-state index in [2.05, 4.69) is 94.4 Å². The van der Waals surface area contributed by atoms with E-state index in [1.165, 1.54) is 5.56 Å². The average molecular weight is 314 g/mol. The van der Waals surface area contributed by atoms with Crippen molar-refractivity contribution in [2.75, 3.05) is 0 Å². The van der Waals surface area contributed by atoms with Crippen molar-refractivity contribution in [1.82, 2.24) is 0 Å². The fraction of sp³-hybridized carbons (Fsp3) is 0.417. The monoisotopic (exact) mass is 314 g/mol. The molecule has 0 amide bonds. The molecule has 2 saturated carbocycles. The van der Waals surface area contributed by atoms with Crippen LogP contribution in [0.3, 0.4) is 0 Å². The van der Waals surface area contributed by atoms with Crippen LogP contribution in [0, 0.1) is 28.6 Å². The summed E-state index contributed by atoms with van der Waals surface area (Å²) in [7, 11) is 0. The van der Waals surface area contributed by atoms with Gasteiger partial charge in [-0.3, -0.25) is 0 Å². The first kappa shape index (κ1) is 14.5. The van der Waals surface area contributed by atoms with Gasteiger partial charge in [0.05, 0.1) is 0 Å². The first-order chi connectivity index (χ1) is 11.4. The van der Waals surface area contributed by atoms with Crippen molar-refractivity contribution in [3.05, 3.63) is 77.9 Å². The maximum absolute atomic E-state index is 2.64. The molecule has 0 spiro atoms. The quantitative estimate of drug-likeness (QED) is 0.642. The molecule has 122 valence electrons. The number of hydrogen-bond donors (Lipinski definition) is 0. The highest BCUT2D eigenvalue weighted by atomic mass is 14.9. The highest BCUT2D eigenvalue weighted by Crippen LogP contribution is 2.87. The maximum Gasteiger partial charge on any atom is 0.0118 e. The summed E-state index contributed by atoms with van der Waals surface area (Å²) in [5.41, 5.74) is 5.67. The minimum atomic E-state index is 0.334. The van der Waals surface area contributed by atoms with Gasteiger partial charge in [0, 0.05) is 5.41 Å². The lowest BCUT2D eigenvalue weighted by molar-refractivity contribution is 0.388. The SMILES string of the molecule is CC1(C)[C@@H]2C(c3ccccc3)=C[C@@H]3C(C)(C)[C@@]3(c3ccccc3)[C@@H]21. The van der Waals surface area contributed by atoms with Crippen LogP contribution in [0.15, 0.2) is 66.7 Å². The third kappa shape index (κ3) is 1.47. The van der Waals surface area contributed by atoms with E-state index < -0.39 is 0 Å². The summed E-state index contributed by atoms with van der Waals surface area (Å²) >= 11 is 0. The first-order valence-corrected chi connectivity index (χ1v) is 9.26. The molecule has 0 saturated heterocycles. The van der Waals surface area contributed by atoms with E-state index in [1.807, 2.05) is 0 Å². The molecule has 3 aliphatic rings. The molecular weight excluding hydrogens is 288 g/mol. The summed E-state index contributed by atoms with van der Waals surface area (Å²) in [5.74, 6) is 2.11. The highest BCUT2D eigenvalue weighted by molar-refractivity contribution is 5.77. The van der Waals surface area contributed by atoms with Crippen LogP contribution in [0.1, 0.15) is 38.8 Å². The Labute approximate surface area is 145 Å². The van der Waals surface area contributed by atoms with E-state index >= 15 is 0 Å². The van der Waals surface area contributed by atoms with Crippen molar-refractivity contribution in [2.45, 2.75) is 33.1 Å². The van der Waals surface area contributed by atoms with Crippen LogP contribution in [-0.4, -0.2) is 0 Å². The second-order valence-electron chi connectivity index (χ2n) is 9.20. The molecule has 0 aliphatic heterocycles. The number of hydrogen-bond acceptors (Lipinski definition) is 0. The standard InChI is InChI=1S/C24H26/c1-22(2)20-18(16-11-7-5-8-12-16)15-19-23(3,4)24(19,21(20)22)17-13-9-6-10-14-17/h5-15,19-21H,1-4H3/t19-,20-,21+,24-/m1/s1. The van der Waals surface area contributed by atoms with Gasteiger partial charge in [0.25, 0.3) is 0 Å². The van der Waals surface area contributed by atoms with E-state index in [-0.39, 0.29) is 0 Å². The van der Waals surface area contributed by atoms with Crippen LogP contribution < -0.4 is 0 Å². The van der Waals surface area contributed by atoms with Crippen LogP contribution in [0.5, 0.6) is 0 Å². The van der Waals surface area contributed by atoms with Gasteiger partial charge >= 0.3 is 0 Å². The lowest BCUT2D eigenvalue weighted by atomic mass is 9.78. The zero-order valence-corrected chi connectivity index (χ0v) is 15.1. The van der Waals surface area contributed by atoms with Crippen LogP contribution in [-0.2, 0) is 5.41 Å². The van der Waals surface area contributed by atoms with Gasteiger partial charge in [0.15, 0.2) is 0 Å². The number of fused-ring (bicyclic) bond motifs is 3. The Hall–Kier alpha value is -1.82. The molecule has 2 aromatic carbocycles. The fourth-order valence-electron chi connectivity index (χ4n) is 6.47. The maximum atomic E-state index is 2.64. The van der Waals surface area contributed by atoms with Crippen molar-refractivity contribution in [2.24, 2.45) is 28.6 Å². The van der Waals surface area contributed by atoms with Gasteiger partial charge in [0.1, 0.15) is 0 Å². The first-order valence-electron chi connectivity index (χ1n) is 9.26. The normalized spacial score (nSPS) is 37.0. The van der Waals surface area contributed by atoms with E-state index in [1.54, 1.807) is 11.1 Å². The van der Waals surface area contributed by atoms with Crippen LogP contribution in [0.25, 0.3) is 5.57 Å². The Morgan fingerprint density at radius 3 is 1.96 bits per heavy atom. The summed E-state index contributed by atoms with van der Waals surface area (Å²) < 4.78 is 0. The molecule has 0 radical (unpaired) electrons. The third-order valence-electron chi connectivity index (χ3n) is 7.61. The molecule has 0 heteroatoms. The van der Waals surface area contributed by atoms with Crippen molar-refractivity contribution in [1.29, 1.82) is 0 Å². The average Bonchev–Trinajstić information content (AvgIpc) is 3.36. The molecule has 3 aliphatic carbocycles. The van der Waals surface area contributed by atoms with Crippen LogP contribution >= 0.6 is 0 Å². The minimum Gasteiger partial charge on any atom is -0.0758 e. The predicted molar refractivity (Wildman–Crippen MR) is 101 cm³/mol.